The van der Waals surface area contributed by atoms with Gasteiger partial charge in [0.15, 0.2) is 0 Å². The summed E-state index contributed by atoms with van der Waals surface area (Å²) in [6.07, 6.45) is 1.52. The van der Waals surface area contributed by atoms with E-state index in [-0.39, 0.29) is 5.69 Å². The van der Waals surface area contributed by atoms with Gasteiger partial charge in [-0.15, -0.1) is 0 Å². The Hall–Kier alpha value is -1.89. The van der Waals surface area contributed by atoms with Crippen molar-refractivity contribution < 1.29 is 4.79 Å². The smallest absolute Gasteiger partial charge is 0.274 e. The number of para-hydroxylation sites is 1. The quantitative estimate of drug-likeness (QED) is 0.835. The van der Waals surface area contributed by atoms with Crippen LogP contribution >= 0.6 is 23.2 Å². The van der Waals surface area contributed by atoms with Crippen molar-refractivity contribution in [1.82, 2.24) is 14.9 Å². The first-order chi connectivity index (χ1) is 11.0. The molecule has 0 aliphatic rings. The zero-order valence-electron chi connectivity index (χ0n) is 12.8. The minimum absolute atomic E-state index is 0.225. The largest absolute Gasteiger partial charge is 0.353 e. The number of halogens is 2. The maximum Gasteiger partial charge on any atom is 0.274 e. The molecule has 0 bridgehead atoms. The number of nitrogens with one attached hydrogen (secondary N) is 2. The van der Waals surface area contributed by atoms with Crippen LogP contribution in [-0.2, 0) is 0 Å². The lowest BCUT2D eigenvalue weighted by Crippen LogP contribution is -2.22. The van der Waals surface area contributed by atoms with Gasteiger partial charge in [0.25, 0.3) is 5.91 Å². The second-order valence-electron chi connectivity index (χ2n) is 5.05. The number of nitrogens with zero attached hydrogens (tertiary/aromatic N) is 3. The maximum absolute atomic E-state index is 12.3. The third-order valence-corrected chi connectivity index (χ3v) is 3.56. The monoisotopic (exact) mass is 353 g/mol. The van der Waals surface area contributed by atoms with Crippen molar-refractivity contribution in [1.29, 1.82) is 0 Å². The molecular weight excluding hydrogens is 337 g/mol. The molecule has 0 saturated carbocycles. The summed E-state index contributed by atoms with van der Waals surface area (Å²) in [7, 11) is 3.94. The van der Waals surface area contributed by atoms with Crippen LogP contribution in [0.3, 0.4) is 0 Å². The Morgan fingerprint density at radius 3 is 2.57 bits per heavy atom. The van der Waals surface area contributed by atoms with Gasteiger partial charge in [0.1, 0.15) is 5.69 Å². The molecule has 0 atom stereocenters. The Balaban J connectivity index is 2.08. The third kappa shape index (κ3) is 5.06. The Labute approximate surface area is 144 Å². The van der Waals surface area contributed by atoms with E-state index in [1.165, 1.54) is 12.3 Å². The van der Waals surface area contributed by atoms with Crippen molar-refractivity contribution in [3.05, 3.63) is 46.2 Å². The number of carbonyl (C=O) groups is 1. The van der Waals surface area contributed by atoms with Gasteiger partial charge in [0, 0.05) is 19.3 Å². The van der Waals surface area contributed by atoms with Crippen LogP contribution in [-0.4, -0.2) is 48.0 Å². The molecule has 6 nitrogen and oxygen atoms in total. The van der Waals surface area contributed by atoms with Gasteiger partial charge in [-0.25, -0.2) is 9.97 Å². The second kappa shape index (κ2) is 8.10. The van der Waals surface area contributed by atoms with E-state index in [4.69, 9.17) is 23.2 Å². The molecule has 1 heterocycles. The molecular formula is C15H17Cl2N5O. The van der Waals surface area contributed by atoms with Gasteiger partial charge in [-0.3, -0.25) is 4.79 Å². The zero-order chi connectivity index (χ0) is 16.8. The lowest BCUT2D eigenvalue weighted by Gasteiger charge is -2.11. The highest BCUT2D eigenvalue weighted by Crippen LogP contribution is 2.30. The summed E-state index contributed by atoms with van der Waals surface area (Å²) in [6, 6.07) is 6.53. The highest BCUT2D eigenvalue weighted by atomic mass is 35.5. The fourth-order valence-electron chi connectivity index (χ4n) is 1.76. The normalized spacial score (nSPS) is 10.7. The Bertz CT molecular complexity index is 673. The Kier molecular flexibility index (Phi) is 6.15. The molecule has 0 unspecified atom stereocenters. The maximum atomic E-state index is 12.3. The van der Waals surface area contributed by atoms with E-state index >= 15 is 0 Å². The lowest BCUT2D eigenvalue weighted by atomic mass is 10.3. The molecule has 2 N–H and O–H groups in total. The van der Waals surface area contributed by atoms with Crippen molar-refractivity contribution in [2.45, 2.75) is 0 Å². The number of rotatable bonds is 6. The molecule has 8 heteroatoms. The van der Waals surface area contributed by atoms with Crippen LogP contribution in [0.1, 0.15) is 10.5 Å². The SMILES string of the molecule is CN(C)CCNc1nccc(C(=O)Nc2c(Cl)cccc2Cl)n1. The summed E-state index contributed by atoms with van der Waals surface area (Å²) in [5, 5.41) is 6.46. The number of anilines is 2. The molecule has 2 aromatic rings. The number of likely N-dealkylation sites (N-methyl/N-ethyl adjacent to an activating group) is 1. The minimum atomic E-state index is -0.405. The van der Waals surface area contributed by atoms with E-state index < -0.39 is 5.91 Å². The summed E-state index contributed by atoms with van der Waals surface area (Å²) >= 11 is 12.1. The van der Waals surface area contributed by atoms with Crippen molar-refractivity contribution in [3.8, 4) is 0 Å². The molecule has 23 heavy (non-hydrogen) atoms. The van der Waals surface area contributed by atoms with Crippen molar-refractivity contribution >= 4 is 40.7 Å². The van der Waals surface area contributed by atoms with E-state index in [9.17, 15) is 4.79 Å². The zero-order valence-corrected chi connectivity index (χ0v) is 14.3. The number of hydrogen-bond acceptors (Lipinski definition) is 5. The highest BCUT2D eigenvalue weighted by Gasteiger charge is 2.13. The van der Waals surface area contributed by atoms with E-state index in [1.54, 1.807) is 18.2 Å². The number of hydrogen-bond donors (Lipinski definition) is 2. The summed E-state index contributed by atoms with van der Waals surface area (Å²) < 4.78 is 0. The number of aromatic nitrogens is 2. The molecule has 0 aliphatic heterocycles. The van der Waals surface area contributed by atoms with Gasteiger partial charge in [-0.2, -0.15) is 0 Å². The first-order valence-electron chi connectivity index (χ1n) is 6.94. The van der Waals surface area contributed by atoms with E-state index in [0.717, 1.165) is 6.54 Å². The summed E-state index contributed by atoms with van der Waals surface area (Å²) in [6.45, 7) is 1.50. The van der Waals surface area contributed by atoms with Crippen LogP contribution in [0.25, 0.3) is 0 Å². The molecule has 2 rings (SSSR count). The average Bonchev–Trinajstić information content (AvgIpc) is 2.51. The third-order valence-electron chi connectivity index (χ3n) is 2.93. The average molecular weight is 354 g/mol. The van der Waals surface area contributed by atoms with Gasteiger partial charge in [0.05, 0.1) is 15.7 Å². The van der Waals surface area contributed by atoms with Gasteiger partial charge in [-0.1, -0.05) is 29.3 Å². The van der Waals surface area contributed by atoms with Crippen LogP contribution in [0.15, 0.2) is 30.5 Å². The van der Waals surface area contributed by atoms with Crippen LogP contribution in [0.4, 0.5) is 11.6 Å². The summed E-state index contributed by atoms with van der Waals surface area (Å²) in [5.41, 5.74) is 0.588. The molecule has 122 valence electrons. The topological polar surface area (TPSA) is 70.2 Å². The standard InChI is InChI=1S/C15H17Cl2N5O/c1-22(2)9-8-19-15-18-7-6-12(20-15)14(23)21-13-10(16)4-3-5-11(13)17/h3-7H,8-9H2,1-2H3,(H,21,23)(H,18,19,20). The fourth-order valence-corrected chi connectivity index (χ4v) is 2.25. The van der Waals surface area contributed by atoms with Crippen LogP contribution in [0, 0.1) is 0 Å². The Morgan fingerprint density at radius 2 is 1.91 bits per heavy atom. The number of benzene rings is 1. The molecule has 1 aromatic carbocycles. The first kappa shape index (κ1) is 17.5. The number of carbonyl (C=O) groups excluding carboxylic acids is 1. The molecule has 0 aliphatic carbocycles. The van der Waals surface area contributed by atoms with E-state index in [1.807, 2.05) is 19.0 Å². The molecule has 0 radical (unpaired) electrons. The predicted octanol–water partition coefficient (Wildman–Crippen LogP) is 3.01. The van der Waals surface area contributed by atoms with Gasteiger partial charge in [-0.05, 0) is 32.3 Å². The molecule has 1 amide bonds. The second-order valence-corrected chi connectivity index (χ2v) is 5.86. The van der Waals surface area contributed by atoms with Crippen LogP contribution < -0.4 is 10.6 Å². The molecule has 0 fully saturated rings. The van der Waals surface area contributed by atoms with Crippen molar-refractivity contribution in [2.75, 3.05) is 37.8 Å². The van der Waals surface area contributed by atoms with Crippen LogP contribution in [0.5, 0.6) is 0 Å². The first-order valence-corrected chi connectivity index (χ1v) is 7.70. The summed E-state index contributed by atoms with van der Waals surface area (Å²) in [5.74, 6) is -0.0113. The van der Waals surface area contributed by atoms with Gasteiger partial charge >= 0.3 is 0 Å². The van der Waals surface area contributed by atoms with E-state index in [2.05, 4.69) is 20.6 Å². The fraction of sp³-hybridized carbons (Fsp3) is 0.267. The van der Waals surface area contributed by atoms with Gasteiger partial charge < -0.3 is 15.5 Å². The van der Waals surface area contributed by atoms with Crippen molar-refractivity contribution in [2.24, 2.45) is 0 Å². The molecule has 0 spiro atoms. The Morgan fingerprint density at radius 1 is 1.22 bits per heavy atom. The van der Waals surface area contributed by atoms with Crippen molar-refractivity contribution in [3.63, 3.8) is 0 Å². The van der Waals surface area contributed by atoms with E-state index in [0.29, 0.717) is 28.2 Å². The number of amides is 1. The molecule has 0 saturated heterocycles. The minimum Gasteiger partial charge on any atom is -0.353 e. The molecule has 1 aromatic heterocycles. The highest BCUT2D eigenvalue weighted by molar-refractivity contribution is 6.39. The lowest BCUT2D eigenvalue weighted by molar-refractivity contribution is 0.102. The predicted molar refractivity (Wildman–Crippen MR) is 93.5 cm³/mol. The van der Waals surface area contributed by atoms with Gasteiger partial charge in [0.2, 0.25) is 5.95 Å². The van der Waals surface area contributed by atoms with Crippen LogP contribution in [0.2, 0.25) is 10.0 Å². The summed E-state index contributed by atoms with van der Waals surface area (Å²) in [4.78, 5) is 22.6.